The van der Waals surface area contributed by atoms with Crippen molar-refractivity contribution in [1.29, 1.82) is 0 Å². The molecule has 1 aromatic carbocycles. The topological polar surface area (TPSA) is 26.3 Å². The smallest absolute Gasteiger partial charge is 0.338 e. The van der Waals surface area contributed by atoms with Crippen molar-refractivity contribution in [2.75, 3.05) is 12.4 Å². The maximum atomic E-state index is 11.3. The van der Waals surface area contributed by atoms with Crippen molar-refractivity contribution < 1.29 is 9.53 Å². The third kappa shape index (κ3) is 3.69. The van der Waals surface area contributed by atoms with Gasteiger partial charge in [-0.25, -0.2) is 4.79 Å². The molecule has 0 N–H and O–H groups in total. The van der Waals surface area contributed by atoms with Crippen LogP contribution in [-0.2, 0) is 4.74 Å². The molecule has 0 radical (unpaired) electrons. The number of rotatable bonds is 2. The lowest BCUT2D eigenvalue weighted by Gasteiger charge is -2.00. The van der Waals surface area contributed by atoms with Gasteiger partial charge in [-0.3, -0.25) is 0 Å². The highest BCUT2D eigenvalue weighted by Gasteiger charge is 2.04. The first kappa shape index (κ1) is 11.7. The molecule has 15 heavy (non-hydrogen) atoms. The van der Waals surface area contributed by atoms with Gasteiger partial charge in [-0.2, -0.15) is 12.6 Å². The van der Waals surface area contributed by atoms with Gasteiger partial charge in [0, 0.05) is 5.56 Å². The number of thiol groups is 1. The SMILES string of the molecule is CCOC(=O)c1ccc(C#CCS)cc1. The van der Waals surface area contributed by atoms with E-state index in [1.807, 2.05) is 0 Å². The van der Waals surface area contributed by atoms with Crippen LogP contribution in [0.3, 0.4) is 0 Å². The highest BCUT2D eigenvalue weighted by atomic mass is 32.1. The molecule has 0 amide bonds. The van der Waals surface area contributed by atoms with E-state index in [9.17, 15) is 4.79 Å². The molecule has 0 saturated carbocycles. The van der Waals surface area contributed by atoms with E-state index in [1.54, 1.807) is 31.2 Å². The second-order valence-corrected chi connectivity index (χ2v) is 3.07. The van der Waals surface area contributed by atoms with E-state index < -0.39 is 0 Å². The summed E-state index contributed by atoms with van der Waals surface area (Å²) in [6, 6.07) is 7.01. The van der Waals surface area contributed by atoms with Gasteiger partial charge < -0.3 is 4.74 Å². The number of carbonyl (C=O) groups is 1. The van der Waals surface area contributed by atoms with Crippen molar-refractivity contribution in [3.8, 4) is 11.8 Å². The molecule has 0 aromatic heterocycles. The Hall–Kier alpha value is -1.40. The molecular formula is C12H12O2S. The lowest BCUT2D eigenvalue weighted by Crippen LogP contribution is -2.04. The molecule has 0 heterocycles. The van der Waals surface area contributed by atoms with E-state index in [2.05, 4.69) is 24.5 Å². The highest BCUT2D eigenvalue weighted by molar-refractivity contribution is 7.80. The van der Waals surface area contributed by atoms with Crippen molar-refractivity contribution in [1.82, 2.24) is 0 Å². The first-order chi connectivity index (χ1) is 7.27. The zero-order chi connectivity index (χ0) is 11.1. The maximum Gasteiger partial charge on any atom is 0.338 e. The molecule has 2 nitrogen and oxygen atoms in total. The van der Waals surface area contributed by atoms with Crippen LogP contribution in [0, 0.1) is 11.8 Å². The summed E-state index contributed by atoms with van der Waals surface area (Å²) in [5, 5.41) is 0. The molecule has 0 fully saturated rings. The molecule has 0 bridgehead atoms. The van der Waals surface area contributed by atoms with Crippen molar-refractivity contribution in [2.24, 2.45) is 0 Å². The van der Waals surface area contributed by atoms with Gasteiger partial charge in [0.15, 0.2) is 0 Å². The molecule has 1 rings (SSSR count). The van der Waals surface area contributed by atoms with Crippen molar-refractivity contribution in [2.45, 2.75) is 6.92 Å². The molecule has 0 saturated heterocycles. The van der Waals surface area contributed by atoms with E-state index in [-0.39, 0.29) is 5.97 Å². The third-order valence-electron chi connectivity index (χ3n) is 1.71. The third-order valence-corrected chi connectivity index (χ3v) is 1.87. The molecular weight excluding hydrogens is 208 g/mol. The summed E-state index contributed by atoms with van der Waals surface area (Å²) < 4.78 is 4.86. The quantitative estimate of drug-likeness (QED) is 0.469. The number of benzene rings is 1. The zero-order valence-corrected chi connectivity index (χ0v) is 9.38. The fourth-order valence-corrected chi connectivity index (χ4v) is 1.12. The molecule has 0 aliphatic carbocycles. The molecule has 0 aliphatic rings. The van der Waals surface area contributed by atoms with Gasteiger partial charge in [-0.05, 0) is 31.2 Å². The van der Waals surface area contributed by atoms with E-state index in [1.165, 1.54) is 0 Å². The van der Waals surface area contributed by atoms with Crippen LogP contribution in [0.15, 0.2) is 24.3 Å². The molecule has 0 aliphatic heterocycles. The normalized spacial score (nSPS) is 8.93. The predicted octanol–water partition coefficient (Wildman–Crippen LogP) is 2.14. The minimum absolute atomic E-state index is 0.300. The van der Waals surface area contributed by atoms with Crippen LogP contribution in [0.4, 0.5) is 0 Å². The molecule has 3 heteroatoms. The van der Waals surface area contributed by atoms with E-state index in [0.29, 0.717) is 17.9 Å². The minimum Gasteiger partial charge on any atom is -0.462 e. The summed E-state index contributed by atoms with van der Waals surface area (Å²) in [5.41, 5.74) is 1.42. The molecule has 0 spiro atoms. The van der Waals surface area contributed by atoms with Crippen LogP contribution in [0.25, 0.3) is 0 Å². The van der Waals surface area contributed by atoms with E-state index >= 15 is 0 Å². The molecule has 1 aromatic rings. The fourth-order valence-electron chi connectivity index (χ4n) is 1.05. The molecule has 78 valence electrons. The standard InChI is InChI=1S/C12H12O2S/c1-2-14-12(13)11-7-5-10(6-8-11)4-3-9-15/h5-8,15H,2,9H2,1H3. The number of hydrogen-bond donors (Lipinski definition) is 1. The zero-order valence-electron chi connectivity index (χ0n) is 8.49. The van der Waals surface area contributed by atoms with Gasteiger partial charge in [0.2, 0.25) is 0 Å². The lowest BCUT2D eigenvalue weighted by molar-refractivity contribution is 0.0526. The number of hydrogen-bond acceptors (Lipinski definition) is 3. The highest BCUT2D eigenvalue weighted by Crippen LogP contribution is 2.04. The van der Waals surface area contributed by atoms with Crippen LogP contribution >= 0.6 is 12.6 Å². The average Bonchev–Trinajstić information content (AvgIpc) is 2.27. The van der Waals surface area contributed by atoms with Gasteiger partial charge >= 0.3 is 5.97 Å². The second-order valence-electron chi connectivity index (χ2n) is 2.76. The van der Waals surface area contributed by atoms with Crippen molar-refractivity contribution in [3.63, 3.8) is 0 Å². The Bertz CT molecular complexity index is 384. The van der Waals surface area contributed by atoms with Crippen molar-refractivity contribution in [3.05, 3.63) is 35.4 Å². The van der Waals surface area contributed by atoms with Gasteiger partial charge in [-0.15, -0.1) is 0 Å². The summed E-state index contributed by atoms with van der Waals surface area (Å²) in [5.74, 6) is 5.98. The Morgan fingerprint density at radius 3 is 2.60 bits per heavy atom. The molecule has 0 unspecified atom stereocenters. The van der Waals surface area contributed by atoms with Crippen molar-refractivity contribution >= 4 is 18.6 Å². The van der Waals surface area contributed by atoms with E-state index in [0.717, 1.165) is 5.56 Å². The minimum atomic E-state index is -0.300. The second kappa shape index (κ2) is 6.15. The average molecular weight is 220 g/mol. The van der Waals surface area contributed by atoms with Gasteiger partial charge in [0.05, 0.1) is 17.9 Å². The largest absolute Gasteiger partial charge is 0.462 e. The Labute approximate surface area is 95.1 Å². The lowest BCUT2D eigenvalue weighted by atomic mass is 10.1. The van der Waals surface area contributed by atoms with Gasteiger partial charge in [0.1, 0.15) is 0 Å². The first-order valence-corrected chi connectivity index (χ1v) is 5.28. The Balaban J connectivity index is 2.76. The monoisotopic (exact) mass is 220 g/mol. The summed E-state index contributed by atoms with van der Waals surface area (Å²) in [6.45, 7) is 2.17. The van der Waals surface area contributed by atoms with Crippen LogP contribution < -0.4 is 0 Å². The first-order valence-electron chi connectivity index (χ1n) is 4.65. The predicted molar refractivity (Wildman–Crippen MR) is 63.1 cm³/mol. The summed E-state index contributed by atoms with van der Waals surface area (Å²) in [7, 11) is 0. The Kier molecular flexibility index (Phi) is 4.79. The number of ether oxygens (including phenoxy) is 1. The summed E-state index contributed by atoms with van der Waals surface area (Å²) in [4.78, 5) is 11.3. The Morgan fingerprint density at radius 1 is 1.40 bits per heavy atom. The fraction of sp³-hybridized carbons (Fsp3) is 0.250. The number of carbonyl (C=O) groups excluding carboxylic acids is 1. The van der Waals surface area contributed by atoms with Gasteiger partial charge in [-0.1, -0.05) is 11.8 Å². The van der Waals surface area contributed by atoms with Crippen LogP contribution in [0.1, 0.15) is 22.8 Å². The maximum absolute atomic E-state index is 11.3. The summed E-state index contributed by atoms with van der Waals surface area (Å²) >= 11 is 3.98. The van der Waals surface area contributed by atoms with Crippen LogP contribution in [0.2, 0.25) is 0 Å². The van der Waals surface area contributed by atoms with E-state index in [4.69, 9.17) is 4.74 Å². The number of esters is 1. The Morgan fingerprint density at radius 2 is 2.07 bits per heavy atom. The van der Waals surface area contributed by atoms with Crippen LogP contribution in [-0.4, -0.2) is 18.3 Å². The van der Waals surface area contributed by atoms with Crippen LogP contribution in [0.5, 0.6) is 0 Å². The summed E-state index contributed by atoms with van der Waals surface area (Å²) in [6.07, 6.45) is 0. The van der Waals surface area contributed by atoms with Gasteiger partial charge in [0.25, 0.3) is 0 Å². The molecule has 0 atom stereocenters.